The van der Waals surface area contributed by atoms with Crippen molar-refractivity contribution in [3.8, 4) is 11.1 Å². The predicted octanol–water partition coefficient (Wildman–Crippen LogP) is 5.39. The molecule has 23 heavy (non-hydrogen) atoms. The zero-order valence-electron chi connectivity index (χ0n) is 12.8. The van der Waals surface area contributed by atoms with Gasteiger partial charge in [-0.3, -0.25) is 0 Å². The summed E-state index contributed by atoms with van der Waals surface area (Å²) < 4.78 is 0. The van der Waals surface area contributed by atoms with Crippen LogP contribution in [0.2, 0.25) is 0 Å². The molecule has 0 saturated carbocycles. The summed E-state index contributed by atoms with van der Waals surface area (Å²) in [7, 11) is 0. The van der Waals surface area contributed by atoms with Crippen LogP contribution in [0.25, 0.3) is 11.1 Å². The Morgan fingerprint density at radius 1 is 0.826 bits per heavy atom. The van der Waals surface area contributed by atoms with Crippen LogP contribution in [0.15, 0.2) is 97.2 Å². The van der Waals surface area contributed by atoms with E-state index in [0.29, 0.717) is 0 Å². The molecule has 1 nitrogen and oxygen atoms in total. The van der Waals surface area contributed by atoms with Crippen molar-refractivity contribution in [2.45, 2.75) is 6.42 Å². The van der Waals surface area contributed by atoms with Crippen LogP contribution in [0.3, 0.4) is 0 Å². The number of benzene rings is 1. The Labute approximate surface area is 148 Å². The largest absolute Gasteiger partial charge is 2.00 e. The third kappa shape index (κ3) is 4.85. The summed E-state index contributed by atoms with van der Waals surface area (Å²) in [4.78, 5) is 3.34. The maximum Gasteiger partial charge on any atom is 2.00 e. The van der Waals surface area contributed by atoms with E-state index in [1.165, 1.54) is 22.4 Å². The normalized spacial score (nSPS) is 9.57. The van der Waals surface area contributed by atoms with E-state index in [-0.39, 0.29) is 17.1 Å². The van der Waals surface area contributed by atoms with Gasteiger partial charge in [0.2, 0.25) is 0 Å². The molecule has 0 saturated heterocycles. The van der Waals surface area contributed by atoms with E-state index in [0.717, 1.165) is 6.42 Å². The first kappa shape index (κ1) is 17.1. The summed E-state index contributed by atoms with van der Waals surface area (Å²) in [6, 6.07) is 31.1. The van der Waals surface area contributed by atoms with Crippen molar-refractivity contribution >= 4 is 0 Å². The zero-order chi connectivity index (χ0) is 15.0. The number of aromatic nitrogens is 1. The number of nitrogens with one attached hydrogen (secondary N) is 1. The predicted molar refractivity (Wildman–Crippen MR) is 93.1 cm³/mol. The smallest absolute Gasteiger partial charge is 0.402 e. The molecule has 0 spiro atoms. The summed E-state index contributed by atoms with van der Waals surface area (Å²) in [6.45, 7) is 0. The standard InChI is InChI=1S/C16H14N.C5H5.Fe/c1-2-6-13(7-3-1)12-16-15(10-11-17-16)14-8-4-5-9-14;1-2-4-5-3-1;/h1-11,17H,12H2;1-5H;/q2*-1;+2. The minimum Gasteiger partial charge on any atom is -0.402 e. The van der Waals surface area contributed by atoms with E-state index in [2.05, 4.69) is 65.6 Å². The zero-order valence-corrected chi connectivity index (χ0v) is 13.9. The first-order chi connectivity index (χ1) is 10.9. The Hall–Kier alpha value is -2.28. The molecular weight excluding hydrogens is 322 g/mol. The SMILES string of the molecule is [Fe+2].c1cc[cH-]c1.c1ccc(Cc2[nH]ccc2-[c-]2cccc2)cc1. The molecule has 0 radical (unpaired) electrons. The molecule has 2 heteroatoms. The fourth-order valence-electron chi connectivity index (χ4n) is 2.49. The monoisotopic (exact) mass is 341 g/mol. The number of H-pyrrole nitrogens is 1. The van der Waals surface area contributed by atoms with Crippen molar-refractivity contribution in [2.24, 2.45) is 0 Å². The molecule has 0 unspecified atom stereocenters. The summed E-state index contributed by atoms with van der Waals surface area (Å²) in [6.07, 6.45) is 2.97. The van der Waals surface area contributed by atoms with Gasteiger partial charge in [0, 0.05) is 0 Å². The maximum absolute atomic E-state index is 3.34. The van der Waals surface area contributed by atoms with Crippen LogP contribution in [0.5, 0.6) is 0 Å². The molecule has 3 aromatic carbocycles. The van der Waals surface area contributed by atoms with Crippen LogP contribution in [0, 0.1) is 0 Å². The van der Waals surface area contributed by atoms with Crippen molar-refractivity contribution in [1.82, 2.24) is 4.98 Å². The minimum atomic E-state index is 0. The van der Waals surface area contributed by atoms with Gasteiger partial charge in [0.05, 0.1) is 0 Å². The molecule has 0 bridgehead atoms. The maximum atomic E-state index is 3.34. The van der Waals surface area contributed by atoms with Crippen molar-refractivity contribution in [3.63, 3.8) is 0 Å². The summed E-state index contributed by atoms with van der Waals surface area (Å²) in [5, 5.41) is 0. The van der Waals surface area contributed by atoms with Gasteiger partial charge in [-0.05, 0) is 23.9 Å². The third-order valence-electron chi connectivity index (χ3n) is 3.59. The molecule has 0 aliphatic heterocycles. The van der Waals surface area contributed by atoms with Crippen LogP contribution in [-0.2, 0) is 23.5 Å². The Bertz CT molecular complexity index is 732. The van der Waals surface area contributed by atoms with Gasteiger partial charge in [0.1, 0.15) is 0 Å². The van der Waals surface area contributed by atoms with Crippen molar-refractivity contribution in [1.29, 1.82) is 0 Å². The Kier molecular flexibility index (Phi) is 6.68. The number of hydrogen-bond donors (Lipinski definition) is 1. The minimum absolute atomic E-state index is 0. The molecular formula is C21H19FeN. The van der Waals surface area contributed by atoms with Gasteiger partial charge in [0.15, 0.2) is 0 Å². The summed E-state index contributed by atoms with van der Waals surface area (Å²) >= 11 is 0. The molecule has 1 N–H and O–H groups in total. The molecule has 0 amide bonds. The first-order valence-electron chi connectivity index (χ1n) is 7.52. The fraction of sp³-hybridized carbons (Fsp3) is 0.0476. The quantitative estimate of drug-likeness (QED) is 0.380. The van der Waals surface area contributed by atoms with Gasteiger partial charge in [-0.2, -0.15) is 30.3 Å². The Morgan fingerprint density at radius 2 is 1.52 bits per heavy atom. The average Bonchev–Trinajstić information content (AvgIpc) is 3.32. The third-order valence-corrected chi connectivity index (χ3v) is 3.59. The van der Waals surface area contributed by atoms with Gasteiger partial charge in [-0.25, -0.2) is 12.1 Å². The molecule has 0 fully saturated rings. The second-order valence-corrected chi connectivity index (χ2v) is 5.17. The summed E-state index contributed by atoms with van der Waals surface area (Å²) in [5.41, 5.74) is 5.21. The first-order valence-corrected chi connectivity index (χ1v) is 7.52. The Morgan fingerprint density at radius 3 is 2.13 bits per heavy atom. The van der Waals surface area contributed by atoms with E-state index < -0.39 is 0 Å². The second-order valence-electron chi connectivity index (χ2n) is 5.17. The molecule has 1 aromatic heterocycles. The van der Waals surface area contributed by atoms with E-state index in [1.807, 2.05) is 36.5 Å². The molecule has 4 aromatic rings. The molecule has 1 heterocycles. The molecule has 4 rings (SSSR count). The topological polar surface area (TPSA) is 15.8 Å². The van der Waals surface area contributed by atoms with Gasteiger partial charge in [-0.15, -0.1) is 18.2 Å². The van der Waals surface area contributed by atoms with Crippen LogP contribution in [0.4, 0.5) is 0 Å². The van der Waals surface area contributed by atoms with Crippen molar-refractivity contribution in [2.75, 3.05) is 0 Å². The van der Waals surface area contributed by atoms with Gasteiger partial charge in [0.25, 0.3) is 0 Å². The van der Waals surface area contributed by atoms with Crippen molar-refractivity contribution < 1.29 is 17.1 Å². The van der Waals surface area contributed by atoms with Crippen molar-refractivity contribution in [3.05, 3.63) is 108 Å². The number of hydrogen-bond acceptors (Lipinski definition) is 0. The van der Waals surface area contributed by atoms with Crippen LogP contribution >= 0.6 is 0 Å². The van der Waals surface area contributed by atoms with E-state index >= 15 is 0 Å². The second kappa shape index (κ2) is 8.99. The van der Waals surface area contributed by atoms with Crippen LogP contribution in [0.1, 0.15) is 11.3 Å². The Balaban J connectivity index is 0.000000276. The summed E-state index contributed by atoms with van der Waals surface area (Å²) in [5.74, 6) is 0. The average molecular weight is 341 g/mol. The number of rotatable bonds is 3. The molecule has 0 aliphatic rings. The fourth-order valence-corrected chi connectivity index (χ4v) is 2.49. The van der Waals surface area contributed by atoms with Crippen LogP contribution < -0.4 is 0 Å². The van der Waals surface area contributed by atoms with E-state index in [4.69, 9.17) is 0 Å². The number of aromatic amines is 1. The molecule has 116 valence electrons. The van der Waals surface area contributed by atoms with Gasteiger partial charge >= 0.3 is 17.1 Å². The molecule has 0 aliphatic carbocycles. The molecule has 0 atom stereocenters. The van der Waals surface area contributed by atoms with Gasteiger partial charge in [-0.1, -0.05) is 41.5 Å². The van der Waals surface area contributed by atoms with Crippen LogP contribution in [-0.4, -0.2) is 4.98 Å². The van der Waals surface area contributed by atoms with Gasteiger partial charge < -0.3 is 4.98 Å². The van der Waals surface area contributed by atoms with E-state index in [1.54, 1.807) is 0 Å². The van der Waals surface area contributed by atoms with E-state index in [9.17, 15) is 0 Å².